The molecule has 20 heavy (non-hydrogen) atoms. The molecule has 0 saturated heterocycles. The summed E-state index contributed by atoms with van der Waals surface area (Å²) in [5, 5.41) is 0. The number of thiophene rings is 1. The van der Waals surface area contributed by atoms with Crippen molar-refractivity contribution in [2.45, 2.75) is 46.6 Å². The Morgan fingerprint density at radius 3 is 2.40 bits per heavy atom. The maximum absolute atomic E-state index is 12.0. The lowest BCUT2D eigenvalue weighted by molar-refractivity contribution is -0.166. The molecule has 0 saturated carbocycles. The van der Waals surface area contributed by atoms with Gasteiger partial charge in [-0.05, 0) is 37.8 Å². The normalized spacial score (nSPS) is 12.3. The molecule has 0 aliphatic heterocycles. The molecular formula is C15H22O4S. The molecular weight excluding hydrogens is 276 g/mol. The molecule has 0 aliphatic carbocycles. The van der Waals surface area contributed by atoms with Crippen molar-refractivity contribution in [3.63, 3.8) is 0 Å². The van der Waals surface area contributed by atoms with Crippen LogP contribution in [0.4, 0.5) is 0 Å². The van der Waals surface area contributed by atoms with Crippen LogP contribution >= 0.6 is 11.3 Å². The Bertz CT molecular complexity index is 476. The van der Waals surface area contributed by atoms with E-state index >= 15 is 0 Å². The Morgan fingerprint density at radius 2 is 1.95 bits per heavy atom. The Morgan fingerprint density at radius 1 is 1.30 bits per heavy atom. The van der Waals surface area contributed by atoms with E-state index in [1.54, 1.807) is 11.3 Å². The molecule has 1 heterocycles. The van der Waals surface area contributed by atoms with E-state index in [1.807, 2.05) is 33.8 Å². The van der Waals surface area contributed by atoms with Crippen LogP contribution in [0, 0.1) is 19.8 Å². The summed E-state index contributed by atoms with van der Waals surface area (Å²) < 4.78 is 9.95. The minimum atomic E-state index is -0.812. The van der Waals surface area contributed by atoms with Crippen LogP contribution in [-0.2, 0) is 25.5 Å². The highest BCUT2D eigenvalue weighted by Crippen LogP contribution is 2.21. The van der Waals surface area contributed by atoms with Gasteiger partial charge in [0.2, 0.25) is 0 Å². The molecule has 0 fully saturated rings. The van der Waals surface area contributed by atoms with E-state index in [0.717, 1.165) is 15.3 Å². The van der Waals surface area contributed by atoms with Gasteiger partial charge < -0.3 is 9.47 Å². The van der Waals surface area contributed by atoms with E-state index in [0.29, 0.717) is 6.42 Å². The SMILES string of the molecule is COC(=O)[C@H](CC(C)C)OC(=O)Cc1cc(C)sc1C. The molecule has 0 aromatic carbocycles. The highest BCUT2D eigenvalue weighted by Gasteiger charge is 2.25. The summed E-state index contributed by atoms with van der Waals surface area (Å²) in [5.41, 5.74) is 0.964. The minimum absolute atomic E-state index is 0.196. The monoisotopic (exact) mass is 298 g/mol. The number of ether oxygens (including phenoxy) is 2. The second kappa shape index (κ2) is 7.43. The molecule has 0 spiro atoms. The topological polar surface area (TPSA) is 52.6 Å². The summed E-state index contributed by atoms with van der Waals surface area (Å²) in [6.45, 7) is 7.92. The smallest absolute Gasteiger partial charge is 0.347 e. The highest BCUT2D eigenvalue weighted by atomic mass is 32.1. The molecule has 5 heteroatoms. The first-order chi connectivity index (χ1) is 9.33. The zero-order chi connectivity index (χ0) is 15.3. The lowest BCUT2D eigenvalue weighted by atomic mass is 10.1. The number of methoxy groups -OCH3 is 1. The summed E-state index contributed by atoms with van der Waals surface area (Å²) >= 11 is 1.65. The van der Waals surface area contributed by atoms with Gasteiger partial charge in [-0.15, -0.1) is 11.3 Å². The van der Waals surface area contributed by atoms with Crippen molar-refractivity contribution in [2.24, 2.45) is 5.92 Å². The molecule has 1 aromatic rings. The van der Waals surface area contributed by atoms with E-state index < -0.39 is 12.1 Å². The third kappa shape index (κ3) is 4.96. The largest absolute Gasteiger partial charge is 0.466 e. The second-order valence-corrected chi connectivity index (χ2v) is 6.71. The van der Waals surface area contributed by atoms with Crippen molar-refractivity contribution in [2.75, 3.05) is 7.11 Å². The number of rotatable bonds is 6. The van der Waals surface area contributed by atoms with Gasteiger partial charge in [-0.25, -0.2) is 4.79 Å². The molecule has 0 bridgehead atoms. The minimum Gasteiger partial charge on any atom is -0.466 e. The van der Waals surface area contributed by atoms with Crippen LogP contribution in [0.5, 0.6) is 0 Å². The van der Waals surface area contributed by atoms with E-state index in [1.165, 1.54) is 7.11 Å². The van der Waals surface area contributed by atoms with Crippen LogP contribution < -0.4 is 0 Å². The first-order valence-corrected chi connectivity index (χ1v) is 7.48. The lowest BCUT2D eigenvalue weighted by Gasteiger charge is -2.17. The Hall–Kier alpha value is -1.36. The van der Waals surface area contributed by atoms with E-state index in [-0.39, 0.29) is 18.3 Å². The summed E-state index contributed by atoms with van der Waals surface area (Å²) in [6.07, 6.45) is -0.144. The average molecular weight is 298 g/mol. The van der Waals surface area contributed by atoms with Crippen molar-refractivity contribution >= 4 is 23.3 Å². The van der Waals surface area contributed by atoms with Gasteiger partial charge >= 0.3 is 11.9 Å². The maximum Gasteiger partial charge on any atom is 0.347 e. The second-order valence-electron chi connectivity index (χ2n) is 5.25. The fraction of sp³-hybridized carbons (Fsp3) is 0.600. The fourth-order valence-electron chi connectivity index (χ4n) is 1.97. The number of esters is 2. The van der Waals surface area contributed by atoms with Gasteiger partial charge in [-0.2, -0.15) is 0 Å². The molecule has 1 atom stereocenters. The van der Waals surface area contributed by atoms with E-state index in [9.17, 15) is 9.59 Å². The quantitative estimate of drug-likeness (QED) is 0.757. The van der Waals surface area contributed by atoms with Crippen LogP contribution in [0.25, 0.3) is 0 Å². The number of aryl methyl sites for hydroxylation is 2. The summed E-state index contributed by atoms with van der Waals surface area (Å²) in [7, 11) is 1.30. The zero-order valence-corrected chi connectivity index (χ0v) is 13.5. The van der Waals surface area contributed by atoms with E-state index in [2.05, 4.69) is 4.74 Å². The van der Waals surface area contributed by atoms with Gasteiger partial charge in [0.05, 0.1) is 13.5 Å². The summed E-state index contributed by atoms with van der Waals surface area (Å²) in [5.74, 6) is -0.635. The van der Waals surface area contributed by atoms with Gasteiger partial charge in [0.15, 0.2) is 6.10 Å². The predicted molar refractivity (Wildman–Crippen MR) is 78.8 cm³/mol. The van der Waals surface area contributed by atoms with Crippen LogP contribution in [0.15, 0.2) is 6.07 Å². The third-order valence-electron chi connectivity index (χ3n) is 2.90. The summed E-state index contributed by atoms with van der Waals surface area (Å²) in [4.78, 5) is 25.8. The number of carbonyl (C=O) groups is 2. The molecule has 112 valence electrons. The Balaban J connectivity index is 2.66. The molecule has 0 aliphatic rings. The Kier molecular flexibility index (Phi) is 6.20. The van der Waals surface area contributed by atoms with Crippen LogP contribution in [0.1, 0.15) is 35.6 Å². The first-order valence-electron chi connectivity index (χ1n) is 6.66. The lowest BCUT2D eigenvalue weighted by Crippen LogP contribution is -2.30. The molecule has 0 unspecified atom stereocenters. The first kappa shape index (κ1) is 16.7. The number of hydrogen-bond acceptors (Lipinski definition) is 5. The van der Waals surface area contributed by atoms with Gasteiger partial charge in [0.25, 0.3) is 0 Å². The van der Waals surface area contributed by atoms with Crippen LogP contribution in [-0.4, -0.2) is 25.2 Å². The molecule has 0 N–H and O–H groups in total. The van der Waals surface area contributed by atoms with Crippen LogP contribution in [0.2, 0.25) is 0 Å². The van der Waals surface area contributed by atoms with Crippen molar-refractivity contribution in [1.29, 1.82) is 0 Å². The Labute approximate surface area is 124 Å². The predicted octanol–water partition coefficient (Wildman–Crippen LogP) is 3.04. The number of hydrogen-bond donors (Lipinski definition) is 0. The molecule has 1 rings (SSSR count). The molecule has 0 amide bonds. The van der Waals surface area contributed by atoms with Gasteiger partial charge in [-0.3, -0.25) is 4.79 Å². The van der Waals surface area contributed by atoms with Gasteiger partial charge in [0, 0.05) is 9.75 Å². The molecule has 4 nitrogen and oxygen atoms in total. The summed E-state index contributed by atoms with van der Waals surface area (Å²) in [6, 6.07) is 1.98. The highest BCUT2D eigenvalue weighted by molar-refractivity contribution is 7.12. The maximum atomic E-state index is 12.0. The van der Waals surface area contributed by atoms with Gasteiger partial charge in [-0.1, -0.05) is 13.8 Å². The standard InChI is InChI=1S/C15H22O4S/c1-9(2)6-13(15(17)18-5)19-14(16)8-12-7-10(3)20-11(12)4/h7,9,13H,6,8H2,1-5H3/t13-/m0/s1. The average Bonchev–Trinajstić information content (AvgIpc) is 2.65. The van der Waals surface area contributed by atoms with Crippen molar-refractivity contribution in [3.8, 4) is 0 Å². The fourth-order valence-corrected chi connectivity index (χ4v) is 2.91. The van der Waals surface area contributed by atoms with Crippen molar-refractivity contribution in [1.82, 2.24) is 0 Å². The third-order valence-corrected chi connectivity index (χ3v) is 3.91. The van der Waals surface area contributed by atoms with Crippen molar-refractivity contribution in [3.05, 3.63) is 21.4 Å². The zero-order valence-electron chi connectivity index (χ0n) is 12.7. The molecule has 1 aromatic heterocycles. The van der Waals surface area contributed by atoms with E-state index in [4.69, 9.17) is 4.74 Å². The number of carbonyl (C=O) groups excluding carboxylic acids is 2. The molecule has 0 radical (unpaired) electrons. The van der Waals surface area contributed by atoms with Crippen molar-refractivity contribution < 1.29 is 19.1 Å². The van der Waals surface area contributed by atoms with Gasteiger partial charge in [0.1, 0.15) is 0 Å². The van der Waals surface area contributed by atoms with Crippen LogP contribution in [0.3, 0.4) is 0 Å².